The van der Waals surface area contributed by atoms with E-state index in [0.717, 1.165) is 22.1 Å². The van der Waals surface area contributed by atoms with Gasteiger partial charge in [-0.25, -0.2) is 9.78 Å². The van der Waals surface area contributed by atoms with E-state index in [9.17, 15) is 4.79 Å². The third-order valence-corrected chi connectivity index (χ3v) is 3.29. The van der Waals surface area contributed by atoms with Crippen LogP contribution in [0.2, 0.25) is 0 Å². The summed E-state index contributed by atoms with van der Waals surface area (Å²) in [5.41, 5.74) is 2.74. The summed E-state index contributed by atoms with van der Waals surface area (Å²) in [6, 6.07) is 13.4. The number of nitrogens with one attached hydrogen (secondary N) is 1. The zero-order chi connectivity index (χ0) is 13.5. The van der Waals surface area contributed by atoms with Gasteiger partial charge in [-0.1, -0.05) is 18.2 Å². The number of rotatable bonds is 1. The van der Waals surface area contributed by atoms with Crippen LogP contribution < -0.4 is 5.69 Å². The molecular formula is C15H10N4O. The molecule has 0 saturated heterocycles. The van der Waals surface area contributed by atoms with Crippen molar-refractivity contribution in [3.05, 3.63) is 65.3 Å². The molecule has 0 atom stereocenters. The largest absolute Gasteiger partial charge is 0.332 e. The molecule has 0 fully saturated rings. The van der Waals surface area contributed by atoms with Gasteiger partial charge in [-0.3, -0.25) is 14.5 Å². The minimum absolute atomic E-state index is 0.212. The number of hydrogen-bond acceptors (Lipinski definition) is 3. The van der Waals surface area contributed by atoms with Crippen LogP contribution in [0.5, 0.6) is 0 Å². The van der Waals surface area contributed by atoms with Gasteiger partial charge in [0.05, 0.1) is 22.9 Å². The number of imidazole rings is 1. The fourth-order valence-electron chi connectivity index (χ4n) is 2.38. The first kappa shape index (κ1) is 10.9. The van der Waals surface area contributed by atoms with Crippen molar-refractivity contribution in [2.75, 3.05) is 0 Å². The third-order valence-electron chi connectivity index (χ3n) is 3.29. The lowest BCUT2D eigenvalue weighted by atomic mass is 10.2. The fraction of sp³-hybridized carbons (Fsp3) is 0. The zero-order valence-electron chi connectivity index (χ0n) is 10.4. The van der Waals surface area contributed by atoms with Gasteiger partial charge in [-0.2, -0.15) is 0 Å². The molecule has 4 aromatic rings. The van der Waals surface area contributed by atoms with E-state index < -0.39 is 0 Å². The van der Waals surface area contributed by atoms with Crippen LogP contribution in [0.1, 0.15) is 0 Å². The van der Waals surface area contributed by atoms with Gasteiger partial charge in [0.25, 0.3) is 0 Å². The smallest absolute Gasteiger partial charge is 0.290 e. The average molecular weight is 262 g/mol. The fourth-order valence-corrected chi connectivity index (χ4v) is 2.38. The van der Waals surface area contributed by atoms with Crippen molar-refractivity contribution in [2.24, 2.45) is 0 Å². The summed E-state index contributed by atoms with van der Waals surface area (Å²) in [5, 5.41) is 0.996. The van der Waals surface area contributed by atoms with Gasteiger partial charge in [0.15, 0.2) is 5.65 Å². The molecule has 3 heterocycles. The summed E-state index contributed by atoms with van der Waals surface area (Å²) in [6.07, 6.45) is 3.35. The third kappa shape index (κ3) is 1.53. The number of nitrogens with zero attached hydrogens (tertiary/aromatic N) is 3. The van der Waals surface area contributed by atoms with E-state index in [1.54, 1.807) is 23.0 Å². The van der Waals surface area contributed by atoms with Crippen LogP contribution >= 0.6 is 0 Å². The Kier molecular flexibility index (Phi) is 2.20. The molecule has 0 amide bonds. The molecule has 0 spiro atoms. The van der Waals surface area contributed by atoms with E-state index in [0.29, 0.717) is 5.65 Å². The normalized spacial score (nSPS) is 11.2. The maximum atomic E-state index is 12.1. The van der Waals surface area contributed by atoms with Crippen molar-refractivity contribution in [1.29, 1.82) is 0 Å². The van der Waals surface area contributed by atoms with Gasteiger partial charge in [0.2, 0.25) is 0 Å². The van der Waals surface area contributed by atoms with Crippen molar-refractivity contribution in [1.82, 2.24) is 19.5 Å². The monoisotopic (exact) mass is 262 g/mol. The van der Waals surface area contributed by atoms with Crippen molar-refractivity contribution in [3.8, 4) is 5.69 Å². The molecule has 1 aromatic carbocycles. The number of aromatic amines is 1. The van der Waals surface area contributed by atoms with E-state index in [1.165, 1.54) is 0 Å². The Labute approximate surface area is 113 Å². The number of H-pyrrole nitrogens is 1. The molecule has 20 heavy (non-hydrogen) atoms. The van der Waals surface area contributed by atoms with Gasteiger partial charge in [-0.15, -0.1) is 0 Å². The molecular weight excluding hydrogens is 252 g/mol. The summed E-state index contributed by atoms with van der Waals surface area (Å²) < 4.78 is 1.59. The highest BCUT2D eigenvalue weighted by Crippen LogP contribution is 2.17. The van der Waals surface area contributed by atoms with Gasteiger partial charge in [-0.05, 0) is 24.3 Å². The molecule has 0 unspecified atom stereocenters. The van der Waals surface area contributed by atoms with Crippen LogP contribution in [-0.4, -0.2) is 19.5 Å². The van der Waals surface area contributed by atoms with Crippen LogP contribution in [-0.2, 0) is 0 Å². The topological polar surface area (TPSA) is 63.6 Å². The summed E-state index contributed by atoms with van der Waals surface area (Å²) in [7, 11) is 0. The highest BCUT2D eigenvalue weighted by molar-refractivity contribution is 5.81. The van der Waals surface area contributed by atoms with E-state index in [-0.39, 0.29) is 5.69 Å². The van der Waals surface area contributed by atoms with Gasteiger partial charge < -0.3 is 0 Å². The van der Waals surface area contributed by atoms with Crippen LogP contribution in [0.3, 0.4) is 0 Å². The predicted molar refractivity (Wildman–Crippen MR) is 77.0 cm³/mol. The first-order chi connectivity index (χ1) is 9.83. The number of benzene rings is 1. The molecule has 5 nitrogen and oxygen atoms in total. The maximum Gasteiger partial charge on any atom is 0.332 e. The lowest BCUT2D eigenvalue weighted by molar-refractivity contribution is 1.01. The Hall–Kier alpha value is -2.95. The minimum atomic E-state index is -0.212. The van der Waals surface area contributed by atoms with Crippen molar-refractivity contribution in [3.63, 3.8) is 0 Å². The maximum absolute atomic E-state index is 12.1. The van der Waals surface area contributed by atoms with Gasteiger partial charge >= 0.3 is 5.69 Å². The molecule has 0 aliphatic heterocycles. The van der Waals surface area contributed by atoms with Crippen molar-refractivity contribution >= 4 is 22.1 Å². The Morgan fingerprint density at radius 1 is 1.05 bits per heavy atom. The second-order valence-corrected chi connectivity index (χ2v) is 4.52. The second-order valence-electron chi connectivity index (χ2n) is 4.52. The first-order valence-electron chi connectivity index (χ1n) is 6.24. The van der Waals surface area contributed by atoms with Crippen LogP contribution in [0.15, 0.2) is 59.7 Å². The van der Waals surface area contributed by atoms with Crippen molar-refractivity contribution in [2.45, 2.75) is 0 Å². The summed E-state index contributed by atoms with van der Waals surface area (Å²) >= 11 is 0. The Bertz CT molecular complexity index is 984. The molecule has 3 aromatic heterocycles. The van der Waals surface area contributed by atoms with Gasteiger partial charge in [0, 0.05) is 11.6 Å². The van der Waals surface area contributed by atoms with Gasteiger partial charge in [0.1, 0.15) is 0 Å². The SMILES string of the molecule is O=c1[nH]c2ncccc2n1-c1cnc2ccccc2c1. The predicted octanol–water partition coefficient (Wildman–Crippen LogP) is 2.26. The Balaban J connectivity index is 2.06. The molecule has 0 bridgehead atoms. The molecule has 5 heteroatoms. The Morgan fingerprint density at radius 2 is 1.95 bits per heavy atom. The first-order valence-corrected chi connectivity index (χ1v) is 6.24. The summed E-state index contributed by atoms with van der Waals surface area (Å²) in [4.78, 5) is 23.4. The minimum Gasteiger partial charge on any atom is -0.290 e. The second kappa shape index (κ2) is 4.03. The highest BCUT2D eigenvalue weighted by Gasteiger charge is 2.09. The lowest BCUT2D eigenvalue weighted by Crippen LogP contribution is -2.14. The van der Waals surface area contributed by atoms with Crippen LogP contribution in [0, 0.1) is 0 Å². The number of pyridine rings is 2. The summed E-state index contributed by atoms with van der Waals surface area (Å²) in [5.74, 6) is 0. The van der Waals surface area contributed by atoms with Crippen LogP contribution in [0.4, 0.5) is 0 Å². The van der Waals surface area contributed by atoms with Crippen LogP contribution in [0.25, 0.3) is 27.8 Å². The molecule has 0 radical (unpaired) electrons. The van der Waals surface area contributed by atoms with E-state index in [2.05, 4.69) is 15.0 Å². The molecule has 1 N–H and O–H groups in total. The molecule has 0 saturated carbocycles. The molecule has 0 aliphatic rings. The molecule has 96 valence electrons. The molecule has 4 rings (SSSR count). The lowest BCUT2D eigenvalue weighted by Gasteiger charge is -2.04. The zero-order valence-corrected chi connectivity index (χ0v) is 10.4. The number of para-hydroxylation sites is 1. The quantitative estimate of drug-likeness (QED) is 0.572. The summed E-state index contributed by atoms with van der Waals surface area (Å²) in [6.45, 7) is 0. The van der Waals surface area contributed by atoms with E-state index in [1.807, 2.05) is 36.4 Å². The number of aromatic nitrogens is 4. The molecule has 0 aliphatic carbocycles. The number of fused-ring (bicyclic) bond motifs is 2. The standard InChI is InChI=1S/C15H10N4O/c20-15-18-14-13(6-3-7-16-14)19(15)11-8-10-4-1-2-5-12(10)17-9-11/h1-9H,(H,16,18,20). The average Bonchev–Trinajstić information content (AvgIpc) is 2.82. The van der Waals surface area contributed by atoms with Crippen molar-refractivity contribution < 1.29 is 0 Å². The van der Waals surface area contributed by atoms with E-state index in [4.69, 9.17) is 0 Å². The Morgan fingerprint density at radius 3 is 2.90 bits per heavy atom. The number of hydrogen-bond donors (Lipinski definition) is 1. The highest BCUT2D eigenvalue weighted by atomic mass is 16.1. The van der Waals surface area contributed by atoms with E-state index >= 15 is 0 Å².